The van der Waals surface area contributed by atoms with E-state index in [2.05, 4.69) is 42.0 Å². The number of hydrogen-bond acceptors (Lipinski definition) is 8. The molecule has 1 saturated heterocycles. The Morgan fingerprint density at radius 3 is 2.63 bits per heavy atom. The van der Waals surface area contributed by atoms with Gasteiger partial charge in [0.05, 0.1) is 18.2 Å². The standard InChI is InChI=1S/C25H26N8O2/c1-16-11-22(26-2)28-14-20(16)35-23-12-19(24-25(31-23)33(4)15-29-24)30-21-6-5-18(13-27-21)34-17-7-9-32(3)10-8-17/h5-6,11-15,17H,7-10H2,1,3-4H3,(H,27,30,31). The average Bonchev–Trinajstić information content (AvgIpc) is 3.24. The Morgan fingerprint density at radius 2 is 1.91 bits per heavy atom. The Kier molecular flexibility index (Phi) is 6.16. The number of fused-ring (bicyclic) bond motifs is 1. The van der Waals surface area contributed by atoms with Crippen LogP contribution in [0.25, 0.3) is 16.0 Å². The summed E-state index contributed by atoms with van der Waals surface area (Å²) < 4.78 is 14.0. The molecule has 0 bridgehead atoms. The van der Waals surface area contributed by atoms with Gasteiger partial charge in [0.15, 0.2) is 17.6 Å². The third kappa shape index (κ3) is 5.00. The molecule has 4 aromatic rings. The van der Waals surface area contributed by atoms with E-state index in [1.807, 2.05) is 30.7 Å². The molecule has 0 aliphatic carbocycles. The molecule has 1 aliphatic heterocycles. The van der Waals surface area contributed by atoms with Crippen molar-refractivity contribution in [3.8, 4) is 17.4 Å². The van der Waals surface area contributed by atoms with Crippen molar-refractivity contribution in [2.45, 2.75) is 25.9 Å². The van der Waals surface area contributed by atoms with Crippen molar-refractivity contribution in [1.29, 1.82) is 0 Å². The van der Waals surface area contributed by atoms with Gasteiger partial charge in [-0.15, -0.1) is 4.98 Å². The van der Waals surface area contributed by atoms with Gasteiger partial charge in [-0.05, 0) is 50.6 Å². The van der Waals surface area contributed by atoms with E-state index in [9.17, 15) is 0 Å². The maximum Gasteiger partial charge on any atom is 0.269 e. The number of aromatic nitrogens is 5. The Balaban J connectivity index is 1.36. The predicted molar refractivity (Wildman–Crippen MR) is 132 cm³/mol. The monoisotopic (exact) mass is 470 g/mol. The Hall–Kier alpha value is -4.23. The van der Waals surface area contributed by atoms with Crippen molar-refractivity contribution in [2.24, 2.45) is 7.05 Å². The zero-order chi connectivity index (χ0) is 24.4. The zero-order valence-electron chi connectivity index (χ0n) is 19.9. The van der Waals surface area contributed by atoms with E-state index < -0.39 is 0 Å². The van der Waals surface area contributed by atoms with E-state index in [4.69, 9.17) is 16.0 Å². The first-order valence-electron chi connectivity index (χ1n) is 11.4. The first kappa shape index (κ1) is 22.6. The molecule has 1 N–H and O–H groups in total. The van der Waals surface area contributed by atoms with E-state index >= 15 is 0 Å². The normalized spacial score (nSPS) is 14.6. The topological polar surface area (TPSA) is 94.6 Å². The first-order valence-corrected chi connectivity index (χ1v) is 11.4. The summed E-state index contributed by atoms with van der Waals surface area (Å²) in [7, 11) is 4.01. The minimum atomic E-state index is 0.224. The summed E-state index contributed by atoms with van der Waals surface area (Å²) >= 11 is 0. The van der Waals surface area contributed by atoms with Gasteiger partial charge in [-0.1, -0.05) is 6.57 Å². The summed E-state index contributed by atoms with van der Waals surface area (Å²) in [5.74, 6) is 2.65. The van der Waals surface area contributed by atoms with Gasteiger partial charge >= 0.3 is 0 Å². The number of likely N-dealkylation sites (tertiary alicyclic amines) is 1. The largest absolute Gasteiger partial charge is 0.489 e. The van der Waals surface area contributed by atoms with Crippen molar-refractivity contribution >= 4 is 28.5 Å². The van der Waals surface area contributed by atoms with E-state index in [0.29, 0.717) is 40.1 Å². The fraction of sp³-hybridized carbons (Fsp3) is 0.320. The Bertz CT molecular complexity index is 1390. The fourth-order valence-corrected chi connectivity index (χ4v) is 3.99. The molecule has 1 aliphatic rings. The molecule has 178 valence electrons. The van der Waals surface area contributed by atoms with Crippen molar-refractivity contribution in [2.75, 3.05) is 25.5 Å². The van der Waals surface area contributed by atoms with E-state index in [1.54, 1.807) is 24.7 Å². The van der Waals surface area contributed by atoms with Crippen LogP contribution in [-0.2, 0) is 7.05 Å². The van der Waals surface area contributed by atoms with Crippen LogP contribution in [0.2, 0.25) is 0 Å². The van der Waals surface area contributed by atoms with Crippen molar-refractivity contribution < 1.29 is 9.47 Å². The molecule has 10 heteroatoms. The van der Waals surface area contributed by atoms with E-state index in [-0.39, 0.29) is 6.10 Å². The van der Waals surface area contributed by atoms with Crippen LogP contribution in [0.5, 0.6) is 17.4 Å². The molecular weight excluding hydrogens is 444 g/mol. The first-order chi connectivity index (χ1) is 17.0. The van der Waals surface area contributed by atoms with Crippen LogP contribution in [-0.4, -0.2) is 55.6 Å². The van der Waals surface area contributed by atoms with Gasteiger partial charge in [0.1, 0.15) is 23.2 Å². The molecule has 4 aromatic heterocycles. The Labute approximate surface area is 203 Å². The van der Waals surface area contributed by atoms with Gasteiger partial charge in [0.2, 0.25) is 5.88 Å². The van der Waals surface area contributed by atoms with Crippen LogP contribution in [0, 0.1) is 13.5 Å². The second kappa shape index (κ2) is 9.56. The number of anilines is 2. The summed E-state index contributed by atoms with van der Waals surface area (Å²) in [6, 6.07) is 7.28. The number of rotatable bonds is 6. The average molecular weight is 471 g/mol. The summed E-state index contributed by atoms with van der Waals surface area (Å²) in [6.45, 7) is 11.1. The number of pyridine rings is 3. The number of nitrogens with one attached hydrogen (secondary N) is 1. The van der Waals surface area contributed by atoms with Gasteiger partial charge in [0.25, 0.3) is 5.82 Å². The van der Waals surface area contributed by atoms with Crippen LogP contribution in [0.3, 0.4) is 0 Å². The quantitative estimate of drug-likeness (QED) is 0.408. The minimum absolute atomic E-state index is 0.224. The molecule has 10 nitrogen and oxygen atoms in total. The number of imidazole rings is 1. The second-order valence-corrected chi connectivity index (χ2v) is 8.68. The smallest absolute Gasteiger partial charge is 0.269 e. The fourth-order valence-electron chi connectivity index (χ4n) is 3.99. The lowest BCUT2D eigenvalue weighted by Crippen LogP contribution is -2.35. The molecule has 0 saturated carbocycles. The number of piperidine rings is 1. The number of hydrogen-bond donors (Lipinski definition) is 1. The molecule has 0 atom stereocenters. The Morgan fingerprint density at radius 1 is 1.09 bits per heavy atom. The van der Waals surface area contributed by atoms with E-state index in [0.717, 1.165) is 37.2 Å². The molecular formula is C25H26N8O2. The maximum atomic E-state index is 7.12. The predicted octanol–water partition coefficient (Wildman–Crippen LogP) is 4.63. The molecule has 0 radical (unpaired) electrons. The lowest BCUT2D eigenvalue weighted by molar-refractivity contribution is 0.114. The van der Waals surface area contributed by atoms with Crippen molar-refractivity contribution in [1.82, 2.24) is 29.4 Å². The highest BCUT2D eigenvalue weighted by Crippen LogP contribution is 2.32. The number of aryl methyl sites for hydroxylation is 2. The molecule has 5 heterocycles. The lowest BCUT2D eigenvalue weighted by atomic mass is 10.1. The van der Waals surface area contributed by atoms with Gasteiger partial charge in [-0.2, -0.15) is 4.98 Å². The SMILES string of the molecule is [C-]#[N+]c1cc(C)c(Oc2cc(Nc3ccc(OC4CCN(C)CC4)cn3)c3ncn(C)c3n2)cn1. The molecule has 0 aromatic carbocycles. The number of ether oxygens (including phenoxy) is 2. The highest BCUT2D eigenvalue weighted by molar-refractivity contribution is 5.88. The number of nitrogens with zero attached hydrogens (tertiary/aromatic N) is 7. The summed E-state index contributed by atoms with van der Waals surface area (Å²) in [5.41, 5.74) is 2.88. The van der Waals surface area contributed by atoms with Gasteiger partial charge in [0, 0.05) is 26.2 Å². The van der Waals surface area contributed by atoms with Gasteiger partial charge in [-0.3, -0.25) is 0 Å². The van der Waals surface area contributed by atoms with Crippen molar-refractivity contribution in [3.05, 3.63) is 60.0 Å². The molecule has 1 fully saturated rings. The van der Waals surface area contributed by atoms with Gasteiger partial charge in [-0.25, -0.2) is 9.97 Å². The highest BCUT2D eigenvalue weighted by Gasteiger charge is 2.18. The second-order valence-electron chi connectivity index (χ2n) is 8.68. The molecule has 0 unspecified atom stereocenters. The van der Waals surface area contributed by atoms with Crippen LogP contribution in [0.1, 0.15) is 18.4 Å². The molecule has 35 heavy (non-hydrogen) atoms. The molecule has 5 rings (SSSR count). The molecule has 0 spiro atoms. The third-order valence-electron chi connectivity index (χ3n) is 5.99. The van der Waals surface area contributed by atoms with Crippen LogP contribution in [0.15, 0.2) is 43.0 Å². The third-order valence-corrected chi connectivity index (χ3v) is 5.99. The summed E-state index contributed by atoms with van der Waals surface area (Å²) in [5, 5.41) is 3.33. The van der Waals surface area contributed by atoms with Gasteiger partial charge < -0.3 is 29.1 Å². The van der Waals surface area contributed by atoms with Crippen LogP contribution >= 0.6 is 0 Å². The van der Waals surface area contributed by atoms with Crippen LogP contribution < -0.4 is 14.8 Å². The highest BCUT2D eigenvalue weighted by atomic mass is 16.5. The summed E-state index contributed by atoms with van der Waals surface area (Å²) in [6.07, 6.45) is 7.24. The van der Waals surface area contributed by atoms with E-state index in [1.165, 1.54) is 6.20 Å². The minimum Gasteiger partial charge on any atom is -0.489 e. The summed E-state index contributed by atoms with van der Waals surface area (Å²) in [4.78, 5) is 23.4. The zero-order valence-corrected chi connectivity index (χ0v) is 19.9. The molecule has 0 amide bonds. The van der Waals surface area contributed by atoms with Crippen molar-refractivity contribution in [3.63, 3.8) is 0 Å². The lowest BCUT2D eigenvalue weighted by Gasteiger charge is -2.29. The van der Waals surface area contributed by atoms with Crippen LogP contribution in [0.4, 0.5) is 17.3 Å². The maximum absolute atomic E-state index is 7.12.